The molecular formula is C12H19. The van der Waals surface area contributed by atoms with Crippen LogP contribution in [0.4, 0.5) is 0 Å². The first-order chi connectivity index (χ1) is 6.00. The monoisotopic (exact) mass is 163 g/mol. The Hall–Kier alpha value is -0.520. The molecule has 0 atom stereocenters. The third-order valence-electron chi connectivity index (χ3n) is 2.20. The van der Waals surface area contributed by atoms with Crippen LogP contribution in [0.2, 0.25) is 0 Å². The molecule has 67 valence electrons. The summed E-state index contributed by atoms with van der Waals surface area (Å²) in [5, 5.41) is 0. The van der Waals surface area contributed by atoms with Gasteiger partial charge in [0, 0.05) is 0 Å². The molecule has 1 aliphatic rings. The van der Waals surface area contributed by atoms with Crippen molar-refractivity contribution < 1.29 is 0 Å². The Balaban J connectivity index is 2.19. The topological polar surface area (TPSA) is 0 Å². The molecule has 0 fully saturated rings. The quantitative estimate of drug-likeness (QED) is 0.473. The number of hydrogen-bond donors (Lipinski definition) is 0. The molecule has 0 saturated heterocycles. The van der Waals surface area contributed by atoms with Crippen molar-refractivity contribution in [2.45, 2.75) is 44.9 Å². The van der Waals surface area contributed by atoms with Crippen LogP contribution in [0.15, 0.2) is 24.3 Å². The highest BCUT2D eigenvalue weighted by Gasteiger charge is 1.88. The summed E-state index contributed by atoms with van der Waals surface area (Å²) in [7, 11) is 0. The van der Waals surface area contributed by atoms with Gasteiger partial charge in [-0.25, -0.2) is 0 Å². The first-order valence-electron chi connectivity index (χ1n) is 5.13. The maximum Gasteiger partial charge on any atom is -0.0133 e. The van der Waals surface area contributed by atoms with Gasteiger partial charge in [-0.05, 0) is 38.5 Å². The minimum atomic E-state index is 1.11. The molecular weight excluding hydrogens is 144 g/mol. The molecule has 0 nitrogen and oxygen atoms in total. The summed E-state index contributed by atoms with van der Waals surface area (Å²) in [6, 6.07) is 0. The minimum absolute atomic E-state index is 1.11. The lowest BCUT2D eigenvalue weighted by molar-refractivity contribution is 0.651. The van der Waals surface area contributed by atoms with Crippen LogP contribution >= 0.6 is 0 Å². The predicted octanol–water partition coefficient (Wildman–Crippen LogP) is 4.05. The highest BCUT2D eigenvalue weighted by molar-refractivity contribution is 4.99. The average molecular weight is 163 g/mol. The summed E-state index contributed by atoms with van der Waals surface area (Å²) in [6.07, 6.45) is 20.5. The molecule has 0 heterocycles. The standard InChI is InChI=1S/C12H19/c1-2-4-6-8-10-12-11-9-7-5-3-1/h1-3,6,8H,4-5,7,9-12H2. The zero-order valence-electron chi connectivity index (χ0n) is 7.84. The second kappa shape index (κ2) is 7.15. The van der Waals surface area contributed by atoms with Crippen molar-refractivity contribution >= 4 is 0 Å². The predicted molar refractivity (Wildman–Crippen MR) is 54.9 cm³/mol. The van der Waals surface area contributed by atoms with Gasteiger partial charge in [0.05, 0.1) is 0 Å². The van der Waals surface area contributed by atoms with Gasteiger partial charge in [-0.15, -0.1) is 0 Å². The maximum atomic E-state index is 2.31. The molecule has 12 heavy (non-hydrogen) atoms. The lowest BCUT2D eigenvalue weighted by Crippen LogP contribution is -1.78. The Kier molecular flexibility index (Phi) is 5.70. The van der Waals surface area contributed by atoms with Crippen molar-refractivity contribution in [3.63, 3.8) is 0 Å². The second-order valence-electron chi connectivity index (χ2n) is 3.36. The molecule has 1 rings (SSSR count). The molecule has 0 aliphatic heterocycles. The third-order valence-corrected chi connectivity index (χ3v) is 2.20. The van der Waals surface area contributed by atoms with Crippen LogP contribution < -0.4 is 0 Å². The van der Waals surface area contributed by atoms with Gasteiger partial charge in [-0.2, -0.15) is 0 Å². The van der Waals surface area contributed by atoms with Crippen molar-refractivity contribution in [3.05, 3.63) is 30.7 Å². The SMILES string of the molecule is [CH]1C=CCCCCCCC=CC1. The summed E-state index contributed by atoms with van der Waals surface area (Å²) in [5.74, 6) is 0. The van der Waals surface area contributed by atoms with Gasteiger partial charge in [-0.1, -0.05) is 37.1 Å². The van der Waals surface area contributed by atoms with E-state index in [1.165, 1.54) is 38.5 Å². The van der Waals surface area contributed by atoms with Crippen molar-refractivity contribution in [2.75, 3.05) is 0 Å². The Morgan fingerprint density at radius 3 is 2.25 bits per heavy atom. The molecule has 0 aromatic carbocycles. The Morgan fingerprint density at radius 2 is 1.42 bits per heavy atom. The summed E-state index contributed by atoms with van der Waals surface area (Å²) >= 11 is 0. The van der Waals surface area contributed by atoms with E-state index in [0.29, 0.717) is 0 Å². The van der Waals surface area contributed by atoms with Gasteiger partial charge in [0.2, 0.25) is 0 Å². The molecule has 0 aromatic rings. The number of rotatable bonds is 0. The molecule has 1 radical (unpaired) electrons. The Morgan fingerprint density at radius 1 is 0.667 bits per heavy atom. The molecule has 0 bridgehead atoms. The fraction of sp³-hybridized carbons (Fsp3) is 0.583. The number of allylic oxidation sites excluding steroid dienone is 4. The van der Waals surface area contributed by atoms with Crippen molar-refractivity contribution in [3.8, 4) is 0 Å². The third kappa shape index (κ3) is 5.17. The summed E-state index contributed by atoms with van der Waals surface area (Å²) in [5.41, 5.74) is 0. The van der Waals surface area contributed by atoms with Gasteiger partial charge in [0.15, 0.2) is 0 Å². The Labute approximate surface area is 76.4 Å². The van der Waals surface area contributed by atoms with Crippen LogP contribution in [-0.2, 0) is 0 Å². The van der Waals surface area contributed by atoms with Gasteiger partial charge < -0.3 is 0 Å². The van der Waals surface area contributed by atoms with E-state index in [4.69, 9.17) is 0 Å². The zero-order valence-corrected chi connectivity index (χ0v) is 7.84. The first-order valence-corrected chi connectivity index (χ1v) is 5.13. The average Bonchev–Trinajstić information content (AvgIpc) is 2.05. The molecule has 0 heteroatoms. The van der Waals surface area contributed by atoms with Crippen LogP contribution in [0.5, 0.6) is 0 Å². The van der Waals surface area contributed by atoms with E-state index in [9.17, 15) is 0 Å². The normalized spacial score (nSPS) is 21.3. The van der Waals surface area contributed by atoms with Crippen LogP contribution in [-0.4, -0.2) is 0 Å². The van der Waals surface area contributed by atoms with E-state index in [1.807, 2.05) is 0 Å². The van der Waals surface area contributed by atoms with Crippen LogP contribution in [0.1, 0.15) is 44.9 Å². The number of hydrogen-bond acceptors (Lipinski definition) is 0. The summed E-state index contributed by atoms with van der Waals surface area (Å²) in [4.78, 5) is 0. The zero-order chi connectivity index (χ0) is 8.49. The van der Waals surface area contributed by atoms with Crippen molar-refractivity contribution in [1.82, 2.24) is 0 Å². The molecule has 0 saturated carbocycles. The molecule has 0 N–H and O–H groups in total. The van der Waals surface area contributed by atoms with Gasteiger partial charge in [0.1, 0.15) is 0 Å². The van der Waals surface area contributed by atoms with Gasteiger partial charge in [0.25, 0.3) is 0 Å². The highest BCUT2D eigenvalue weighted by Crippen LogP contribution is 2.08. The van der Waals surface area contributed by atoms with Crippen molar-refractivity contribution in [1.29, 1.82) is 0 Å². The Bertz CT molecular complexity index is 124. The molecule has 0 spiro atoms. The molecule has 0 aromatic heterocycles. The lowest BCUT2D eigenvalue weighted by atomic mass is 10.1. The largest absolute Gasteiger partial charge is 0.0885 e. The van der Waals surface area contributed by atoms with Gasteiger partial charge in [-0.3, -0.25) is 0 Å². The summed E-state index contributed by atoms with van der Waals surface area (Å²) in [6.45, 7) is 0. The molecule has 0 unspecified atom stereocenters. The smallest absolute Gasteiger partial charge is 0.0133 e. The van der Waals surface area contributed by atoms with Gasteiger partial charge >= 0.3 is 0 Å². The van der Waals surface area contributed by atoms with E-state index in [-0.39, 0.29) is 0 Å². The van der Waals surface area contributed by atoms with E-state index < -0.39 is 0 Å². The first kappa shape index (κ1) is 9.57. The molecule has 1 aliphatic carbocycles. The fourth-order valence-corrected chi connectivity index (χ4v) is 1.44. The fourth-order valence-electron chi connectivity index (χ4n) is 1.44. The highest BCUT2D eigenvalue weighted by atomic mass is 13.9. The van der Waals surface area contributed by atoms with Crippen LogP contribution in [0, 0.1) is 6.42 Å². The minimum Gasteiger partial charge on any atom is -0.0885 e. The van der Waals surface area contributed by atoms with E-state index in [1.54, 1.807) is 0 Å². The summed E-state index contributed by atoms with van der Waals surface area (Å²) < 4.78 is 0. The van der Waals surface area contributed by atoms with Crippen molar-refractivity contribution in [2.24, 2.45) is 0 Å². The molecule has 0 amide bonds. The van der Waals surface area contributed by atoms with E-state index in [2.05, 4.69) is 30.7 Å². The van der Waals surface area contributed by atoms with Crippen LogP contribution in [0.3, 0.4) is 0 Å². The van der Waals surface area contributed by atoms with Crippen LogP contribution in [0.25, 0.3) is 0 Å². The lowest BCUT2D eigenvalue weighted by Gasteiger charge is -1.98. The maximum absolute atomic E-state index is 2.31. The van der Waals surface area contributed by atoms with E-state index in [0.717, 1.165) is 6.42 Å². The second-order valence-corrected chi connectivity index (χ2v) is 3.36. The van der Waals surface area contributed by atoms with E-state index >= 15 is 0 Å².